The van der Waals surface area contributed by atoms with Crippen LogP contribution in [0.5, 0.6) is 0 Å². The van der Waals surface area contributed by atoms with Gasteiger partial charge in [-0.15, -0.1) is 0 Å². The first kappa shape index (κ1) is 11.5. The van der Waals surface area contributed by atoms with E-state index in [4.69, 9.17) is 10.5 Å². The van der Waals surface area contributed by atoms with E-state index in [0.29, 0.717) is 11.8 Å². The summed E-state index contributed by atoms with van der Waals surface area (Å²) in [6, 6.07) is 0. The Morgan fingerprint density at radius 3 is 2.86 bits per heavy atom. The quantitative estimate of drug-likeness (QED) is 0.699. The molecule has 4 nitrogen and oxygen atoms in total. The Morgan fingerprint density at radius 1 is 1.57 bits per heavy atom. The molecule has 0 spiro atoms. The molecule has 1 saturated heterocycles. The van der Waals surface area contributed by atoms with Gasteiger partial charge in [0, 0.05) is 25.6 Å². The molecule has 1 heterocycles. The zero-order valence-electron chi connectivity index (χ0n) is 9.03. The van der Waals surface area contributed by atoms with Crippen LogP contribution in [0.4, 0.5) is 0 Å². The lowest BCUT2D eigenvalue weighted by Crippen LogP contribution is -2.34. The number of ether oxygens (including phenoxy) is 1. The Morgan fingerprint density at radius 2 is 2.29 bits per heavy atom. The summed E-state index contributed by atoms with van der Waals surface area (Å²) in [7, 11) is 0. The molecule has 1 fully saturated rings. The summed E-state index contributed by atoms with van der Waals surface area (Å²) in [5.41, 5.74) is 5.32. The number of amides is 1. The number of hydrogen-bond donors (Lipinski definition) is 1. The minimum Gasteiger partial charge on any atom is -0.381 e. The largest absolute Gasteiger partial charge is 0.381 e. The van der Waals surface area contributed by atoms with Gasteiger partial charge in [0.25, 0.3) is 0 Å². The number of rotatable bonds is 4. The number of hydrogen-bond acceptors (Lipinski definition) is 3. The third-order valence-corrected chi connectivity index (χ3v) is 2.83. The molecule has 1 amide bonds. The van der Waals surface area contributed by atoms with Crippen LogP contribution in [0.3, 0.4) is 0 Å². The average Bonchev–Trinajstić information content (AvgIpc) is 2.56. The summed E-state index contributed by atoms with van der Waals surface area (Å²) in [5, 5.41) is 0. The highest BCUT2D eigenvalue weighted by atomic mass is 16.5. The summed E-state index contributed by atoms with van der Waals surface area (Å²) in [5.74, 6) is 1.05. The van der Waals surface area contributed by atoms with Crippen molar-refractivity contribution in [2.24, 2.45) is 17.6 Å². The number of nitrogens with two attached hydrogens (primary N) is 1. The fourth-order valence-electron chi connectivity index (χ4n) is 1.85. The molecule has 82 valence electrons. The van der Waals surface area contributed by atoms with Crippen molar-refractivity contribution < 1.29 is 9.53 Å². The van der Waals surface area contributed by atoms with Crippen LogP contribution in [0, 0.1) is 11.8 Å². The topological polar surface area (TPSA) is 55.6 Å². The fourth-order valence-corrected chi connectivity index (χ4v) is 1.85. The van der Waals surface area contributed by atoms with Gasteiger partial charge in [-0.2, -0.15) is 0 Å². The van der Waals surface area contributed by atoms with Gasteiger partial charge in [0.15, 0.2) is 0 Å². The highest BCUT2D eigenvalue weighted by molar-refractivity contribution is 5.78. The molecule has 1 aliphatic heterocycles. The predicted octanol–water partition coefficient (Wildman–Crippen LogP) is 0.0761. The second-order valence-electron chi connectivity index (χ2n) is 3.90. The van der Waals surface area contributed by atoms with E-state index in [9.17, 15) is 4.79 Å². The molecule has 0 saturated carbocycles. The van der Waals surface area contributed by atoms with E-state index in [1.54, 1.807) is 0 Å². The molecular formula is C10H20N2O2. The van der Waals surface area contributed by atoms with Gasteiger partial charge in [0.2, 0.25) is 5.91 Å². The summed E-state index contributed by atoms with van der Waals surface area (Å²) < 4.78 is 5.38. The molecule has 1 rings (SSSR count). The van der Waals surface area contributed by atoms with Crippen LogP contribution in [0.2, 0.25) is 0 Å². The van der Waals surface area contributed by atoms with Crippen LogP contribution in [-0.2, 0) is 9.53 Å². The zero-order chi connectivity index (χ0) is 10.6. The Balaban J connectivity index is 2.39. The maximum Gasteiger partial charge on any atom is 0.236 e. The maximum atomic E-state index is 11.3. The first-order valence-corrected chi connectivity index (χ1v) is 5.24. The molecule has 0 radical (unpaired) electrons. The van der Waals surface area contributed by atoms with Crippen LogP contribution < -0.4 is 5.73 Å². The van der Waals surface area contributed by atoms with Crippen LogP contribution in [-0.4, -0.2) is 43.7 Å². The molecule has 0 aromatic heterocycles. The molecule has 2 N–H and O–H groups in total. The smallest absolute Gasteiger partial charge is 0.236 e. The first-order chi connectivity index (χ1) is 6.69. The molecule has 2 atom stereocenters. The second kappa shape index (κ2) is 5.32. The molecule has 0 aliphatic carbocycles. The number of nitrogens with zero attached hydrogens (tertiary/aromatic N) is 1. The molecule has 14 heavy (non-hydrogen) atoms. The first-order valence-electron chi connectivity index (χ1n) is 5.24. The van der Waals surface area contributed by atoms with Crippen molar-refractivity contribution in [2.75, 3.05) is 32.8 Å². The zero-order valence-corrected chi connectivity index (χ0v) is 9.03. The summed E-state index contributed by atoms with van der Waals surface area (Å²) in [6.07, 6.45) is 0. The summed E-state index contributed by atoms with van der Waals surface area (Å²) in [6.45, 7) is 7.40. The lowest BCUT2D eigenvalue weighted by atomic mass is 9.99. The number of carbonyl (C=O) groups is 1. The summed E-state index contributed by atoms with van der Waals surface area (Å²) in [4.78, 5) is 13.2. The van der Waals surface area contributed by atoms with E-state index in [1.165, 1.54) is 0 Å². The van der Waals surface area contributed by atoms with Crippen molar-refractivity contribution in [3.05, 3.63) is 0 Å². The van der Waals surface area contributed by atoms with Crippen molar-refractivity contribution >= 4 is 5.91 Å². The van der Waals surface area contributed by atoms with Gasteiger partial charge >= 0.3 is 0 Å². The van der Waals surface area contributed by atoms with Gasteiger partial charge in [-0.05, 0) is 12.8 Å². The SMILES string of the molecule is CCOC[C@@H]1CN(C(=O)CN)C[C@H]1C. The molecular weight excluding hydrogens is 180 g/mol. The van der Waals surface area contributed by atoms with Crippen molar-refractivity contribution in [3.8, 4) is 0 Å². The van der Waals surface area contributed by atoms with Crippen LogP contribution in [0.1, 0.15) is 13.8 Å². The molecule has 4 heteroatoms. The van der Waals surface area contributed by atoms with Crippen LogP contribution in [0.25, 0.3) is 0 Å². The number of carbonyl (C=O) groups excluding carboxylic acids is 1. The third-order valence-electron chi connectivity index (χ3n) is 2.83. The van der Waals surface area contributed by atoms with E-state index in [0.717, 1.165) is 26.3 Å². The van der Waals surface area contributed by atoms with Gasteiger partial charge in [-0.1, -0.05) is 6.92 Å². The lowest BCUT2D eigenvalue weighted by Gasteiger charge is -2.15. The van der Waals surface area contributed by atoms with Gasteiger partial charge < -0.3 is 15.4 Å². The van der Waals surface area contributed by atoms with Gasteiger partial charge in [-0.25, -0.2) is 0 Å². The molecule has 0 aromatic carbocycles. The highest BCUT2D eigenvalue weighted by Gasteiger charge is 2.31. The van der Waals surface area contributed by atoms with Gasteiger partial charge in [0.05, 0.1) is 13.2 Å². The lowest BCUT2D eigenvalue weighted by molar-refractivity contribution is -0.128. The molecule has 0 bridgehead atoms. The maximum absolute atomic E-state index is 11.3. The Labute approximate surface area is 85.4 Å². The van der Waals surface area contributed by atoms with E-state index in [-0.39, 0.29) is 12.5 Å². The van der Waals surface area contributed by atoms with Crippen LogP contribution in [0.15, 0.2) is 0 Å². The minimum atomic E-state index is 0.0517. The predicted molar refractivity (Wildman–Crippen MR) is 54.8 cm³/mol. The fraction of sp³-hybridized carbons (Fsp3) is 0.900. The van der Waals surface area contributed by atoms with Gasteiger partial charge in [-0.3, -0.25) is 4.79 Å². The Kier molecular flexibility index (Phi) is 4.35. The molecule has 0 aromatic rings. The second-order valence-corrected chi connectivity index (χ2v) is 3.90. The van der Waals surface area contributed by atoms with Crippen molar-refractivity contribution in [3.63, 3.8) is 0 Å². The Bertz CT molecular complexity index is 197. The highest BCUT2D eigenvalue weighted by Crippen LogP contribution is 2.22. The molecule has 0 unspecified atom stereocenters. The van der Waals surface area contributed by atoms with E-state index in [1.807, 2.05) is 11.8 Å². The van der Waals surface area contributed by atoms with Crippen molar-refractivity contribution in [2.45, 2.75) is 13.8 Å². The third kappa shape index (κ3) is 2.69. The van der Waals surface area contributed by atoms with E-state index in [2.05, 4.69) is 6.92 Å². The van der Waals surface area contributed by atoms with Crippen molar-refractivity contribution in [1.82, 2.24) is 4.90 Å². The number of likely N-dealkylation sites (tertiary alicyclic amines) is 1. The van der Waals surface area contributed by atoms with Crippen molar-refractivity contribution in [1.29, 1.82) is 0 Å². The Hall–Kier alpha value is -0.610. The monoisotopic (exact) mass is 200 g/mol. The van der Waals surface area contributed by atoms with Crippen LogP contribution >= 0.6 is 0 Å². The summed E-state index contributed by atoms with van der Waals surface area (Å²) >= 11 is 0. The average molecular weight is 200 g/mol. The normalized spacial score (nSPS) is 26.9. The van der Waals surface area contributed by atoms with Gasteiger partial charge in [0.1, 0.15) is 0 Å². The standard InChI is InChI=1S/C10H20N2O2/c1-3-14-7-9-6-12(5-8(9)2)10(13)4-11/h8-9H,3-7,11H2,1-2H3/t8-,9+/m1/s1. The molecule has 1 aliphatic rings. The van der Waals surface area contributed by atoms with E-state index >= 15 is 0 Å². The van der Waals surface area contributed by atoms with E-state index < -0.39 is 0 Å². The minimum absolute atomic E-state index is 0.0517.